The van der Waals surface area contributed by atoms with Gasteiger partial charge in [-0.2, -0.15) is 4.98 Å². The third-order valence-electron chi connectivity index (χ3n) is 3.24. The van der Waals surface area contributed by atoms with Crippen LogP contribution in [0.2, 0.25) is 0 Å². The molecule has 0 amide bonds. The molecule has 7 heteroatoms. The van der Waals surface area contributed by atoms with Gasteiger partial charge in [0, 0.05) is 18.1 Å². The molecule has 0 aliphatic rings. The lowest BCUT2D eigenvalue weighted by atomic mass is 9.87. The number of thioether (sulfide) groups is 1. The van der Waals surface area contributed by atoms with Gasteiger partial charge in [0.05, 0.1) is 0 Å². The van der Waals surface area contributed by atoms with Gasteiger partial charge in [-0.1, -0.05) is 41.5 Å². The zero-order chi connectivity index (χ0) is 13.8. The summed E-state index contributed by atoms with van der Waals surface area (Å²) in [6, 6.07) is 0. The molecule has 0 spiro atoms. The Balaban J connectivity index is 2.89. The first-order valence-corrected chi connectivity index (χ1v) is 7.95. The number of hydrogen-bond donors (Lipinski definition) is 1. The van der Waals surface area contributed by atoms with Crippen molar-refractivity contribution < 1.29 is 0 Å². The normalized spacial score (nSPS) is 11.8. The molecule has 0 bridgehead atoms. The van der Waals surface area contributed by atoms with Gasteiger partial charge >= 0.3 is 11.1 Å². The lowest BCUT2D eigenvalue weighted by molar-refractivity contribution is 0.358. The summed E-state index contributed by atoms with van der Waals surface area (Å²) in [5.41, 5.74) is -1.22. The molecule has 1 aromatic rings. The predicted octanol–water partition coefficient (Wildman–Crippen LogP) is 1.76. The highest BCUT2D eigenvalue weighted by molar-refractivity contribution is 9.09. The second-order valence-electron chi connectivity index (χ2n) is 4.33. The maximum atomic E-state index is 11.2. The second kappa shape index (κ2) is 6.56. The van der Waals surface area contributed by atoms with Crippen LogP contribution in [0.25, 0.3) is 0 Å². The maximum absolute atomic E-state index is 11.2. The highest BCUT2D eigenvalue weighted by Gasteiger charge is 2.25. The number of nitrogens with one attached hydrogen (secondary N) is 1. The smallest absolute Gasteiger partial charge is 0.265 e. The number of hydrogen-bond acceptors (Lipinski definition) is 4. The Morgan fingerprint density at radius 3 is 2.50 bits per heavy atom. The third kappa shape index (κ3) is 3.47. The van der Waals surface area contributed by atoms with Gasteiger partial charge in [0.15, 0.2) is 5.16 Å². The summed E-state index contributed by atoms with van der Waals surface area (Å²) < 4.78 is 1.50. The number of aromatic nitrogens is 3. The van der Waals surface area contributed by atoms with Crippen LogP contribution in [0.3, 0.4) is 0 Å². The first kappa shape index (κ1) is 15.5. The standard InChI is InChI=1S/C11H18BrN3O2S/c1-4-11(5-2,6-12)7-18-10-13-8(16)9(17)14-15(10)3/h4-7H2,1-3H3,(H,14,17). The van der Waals surface area contributed by atoms with Crippen molar-refractivity contribution in [2.24, 2.45) is 12.5 Å². The fourth-order valence-electron chi connectivity index (χ4n) is 1.49. The Labute approximate surface area is 119 Å². The minimum Gasteiger partial charge on any atom is -0.265 e. The lowest BCUT2D eigenvalue weighted by Gasteiger charge is -2.28. The summed E-state index contributed by atoms with van der Waals surface area (Å²) in [7, 11) is 1.68. The van der Waals surface area contributed by atoms with E-state index in [9.17, 15) is 9.59 Å². The molecule has 1 rings (SSSR count). The quantitative estimate of drug-likeness (QED) is 0.488. The molecular formula is C11H18BrN3O2S. The van der Waals surface area contributed by atoms with Crippen molar-refractivity contribution in [3.63, 3.8) is 0 Å². The third-order valence-corrected chi connectivity index (χ3v) is 5.81. The second-order valence-corrected chi connectivity index (χ2v) is 5.83. The molecule has 0 aromatic carbocycles. The molecule has 1 aromatic heterocycles. The fourth-order valence-corrected chi connectivity index (χ4v) is 4.08. The van der Waals surface area contributed by atoms with E-state index in [4.69, 9.17) is 0 Å². The number of alkyl halides is 1. The summed E-state index contributed by atoms with van der Waals surface area (Å²) in [4.78, 5) is 26.1. The Hall–Kier alpha value is -0.560. The minimum atomic E-state index is -0.729. The van der Waals surface area contributed by atoms with Crippen LogP contribution < -0.4 is 11.1 Å². The van der Waals surface area contributed by atoms with Crippen LogP contribution in [-0.4, -0.2) is 25.8 Å². The van der Waals surface area contributed by atoms with Crippen molar-refractivity contribution >= 4 is 27.7 Å². The lowest BCUT2D eigenvalue weighted by Crippen LogP contribution is -2.34. The van der Waals surface area contributed by atoms with E-state index >= 15 is 0 Å². The van der Waals surface area contributed by atoms with Crippen molar-refractivity contribution in [3.8, 4) is 0 Å². The molecule has 18 heavy (non-hydrogen) atoms. The van der Waals surface area contributed by atoms with Gasteiger partial charge in [0.2, 0.25) is 0 Å². The average Bonchev–Trinajstić information content (AvgIpc) is 2.37. The van der Waals surface area contributed by atoms with Crippen LogP contribution in [0.4, 0.5) is 0 Å². The van der Waals surface area contributed by atoms with E-state index in [1.165, 1.54) is 16.4 Å². The van der Waals surface area contributed by atoms with Gasteiger partial charge in [0.1, 0.15) is 0 Å². The number of aromatic amines is 1. The maximum Gasteiger partial charge on any atom is 0.339 e. The first-order valence-electron chi connectivity index (χ1n) is 5.84. The van der Waals surface area contributed by atoms with E-state index in [-0.39, 0.29) is 5.41 Å². The summed E-state index contributed by atoms with van der Waals surface area (Å²) in [5, 5.41) is 3.91. The zero-order valence-electron chi connectivity index (χ0n) is 10.8. The first-order chi connectivity index (χ1) is 8.48. The number of rotatable bonds is 6. The van der Waals surface area contributed by atoms with Crippen LogP contribution in [0, 0.1) is 5.41 Å². The summed E-state index contributed by atoms with van der Waals surface area (Å²) in [6.45, 7) is 4.31. The van der Waals surface area contributed by atoms with Crippen LogP contribution in [-0.2, 0) is 7.05 Å². The fraction of sp³-hybridized carbons (Fsp3) is 0.727. The molecular weight excluding hydrogens is 318 g/mol. The molecule has 0 unspecified atom stereocenters. The molecule has 0 atom stereocenters. The molecule has 0 radical (unpaired) electrons. The number of halogens is 1. The molecule has 0 fully saturated rings. The number of aryl methyl sites for hydroxylation is 1. The summed E-state index contributed by atoms with van der Waals surface area (Å²) in [6.07, 6.45) is 2.11. The van der Waals surface area contributed by atoms with E-state index in [2.05, 4.69) is 39.9 Å². The topological polar surface area (TPSA) is 67.8 Å². The Morgan fingerprint density at radius 1 is 1.39 bits per heavy atom. The van der Waals surface area contributed by atoms with Crippen LogP contribution in [0.15, 0.2) is 14.7 Å². The van der Waals surface area contributed by atoms with Crippen molar-refractivity contribution in [1.82, 2.24) is 14.8 Å². The van der Waals surface area contributed by atoms with Crippen LogP contribution in [0.5, 0.6) is 0 Å². The van der Waals surface area contributed by atoms with Crippen molar-refractivity contribution in [3.05, 3.63) is 20.7 Å². The number of nitrogens with zero attached hydrogens (tertiary/aromatic N) is 2. The van der Waals surface area contributed by atoms with Crippen molar-refractivity contribution in [2.45, 2.75) is 31.8 Å². The SMILES string of the molecule is CCC(CC)(CBr)CSc1nc(=O)c(=O)[nH]n1C. The average molecular weight is 336 g/mol. The van der Waals surface area contributed by atoms with E-state index < -0.39 is 11.1 Å². The van der Waals surface area contributed by atoms with E-state index in [1.54, 1.807) is 7.05 Å². The zero-order valence-corrected chi connectivity index (χ0v) is 13.2. The van der Waals surface area contributed by atoms with E-state index in [0.717, 1.165) is 23.9 Å². The molecule has 0 aliphatic heterocycles. The van der Waals surface area contributed by atoms with Crippen LogP contribution >= 0.6 is 27.7 Å². The summed E-state index contributed by atoms with van der Waals surface area (Å²) in [5.74, 6) is 0.859. The molecule has 5 nitrogen and oxygen atoms in total. The monoisotopic (exact) mass is 335 g/mol. The van der Waals surface area contributed by atoms with Gasteiger partial charge in [-0.3, -0.25) is 19.4 Å². The highest BCUT2D eigenvalue weighted by Crippen LogP contribution is 2.34. The van der Waals surface area contributed by atoms with Crippen LogP contribution in [0.1, 0.15) is 26.7 Å². The van der Waals surface area contributed by atoms with Gasteiger partial charge in [-0.05, 0) is 18.3 Å². The highest BCUT2D eigenvalue weighted by atomic mass is 79.9. The van der Waals surface area contributed by atoms with Gasteiger partial charge in [0.25, 0.3) is 0 Å². The molecule has 0 saturated carbocycles. The van der Waals surface area contributed by atoms with Crippen molar-refractivity contribution in [2.75, 3.05) is 11.1 Å². The molecule has 102 valence electrons. The van der Waals surface area contributed by atoms with E-state index in [1.807, 2.05) is 0 Å². The van der Waals surface area contributed by atoms with Crippen molar-refractivity contribution in [1.29, 1.82) is 0 Å². The number of H-pyrrole nitrogens is 1. The molecule has 1 N–H and O–H groups in total. The Morgan fingerprint density at radius 2 is 2.00 bits per heavy atom. The minimum absolute atomic E-state index is 0.193. The largest absolute Gasteiger partial charge is 0.339 e. The van der Waals surface area contributed by atoms with Gasteiger partial charge < -0.3 is 0 Å². The molecule has 0 aliphatic carbocycles. The predicted molar refractivity (Wildman–Crippen MR) is 77.6 cm³/mol. The van der Waals surface area contributed by atoms with E-state index in [0.29, 0.717) is 5.16 Å². The Kier molecular flexibility index (Phi) is 5.65. The molecule has 1 heterocycles. The summed E-state index contributed by atoms with van der Waals surface area (Å²) >= 11 is 5.05. The Bertz CT molecular complexity index is 499. The molecule has 0 saturated heterocycles. The van der Waals surface area contributed by atoms with Gasteiger partial charge in [-0.25, -0.2) is 0 Å². The van der Waals surface area contributed by atoms with Gasteiger partial charge in [-0.15, -0.1) is 0 Å².